The number of fused-ring (bicyclic) bond motifs is 1. The predicted molar refractivity (Wildman–Crippen MR) is 119 cm³/mol. The fraction of sp³-hybridized carbons (Fsp3) is 0.391. The van der Waals surface area contributed by atoms with Crippen LogP contribution in [0.15, 0.2) is 42.9 Å². The number of rotatable bonds is 6. The first-order valence-electron chi connectivity index (χ1n) is 10.7. The summed E-state index contributed by atoms with van der Waals surface area (Å²) in [7, 11) is 0. The van der Waals surface area contributed by atoms with Crippen molar-refractivity contribution in [1.82, 2.24) is 24.8 Å². The molecule has 2 aromatic heterocycles. The van der Waals surface area contributed by atoms with E-state index in [0.717, 1.165) is 41.6 Å². The van der Waals surface area contributed by atoms with E-state index in [4.69, 9.17) is 4.74 Å². The number of carbonyl (C=O) groups is 2. The van der Waals surface area contributed by atoms with Gasteiger partial charge in [-0.3, -0.25) is 14.3 Å². The van der Waals surface area contributed by atoms with E-state index in [0.29, 0.717) is 23.7 Å². The molecule has 168 valence electrons. The van der Waals surface area contributed by atoms with Crippen molar-refractivity contribution in [3.05, 3.63) is 48.5 Å². The molecule has 2 N–H and O–H groups in total. The summed E-state index contributed by atoms with van der Waals surface area (Å²) in [4.78, 5) is 34.3. The van der Waals surface area contributed by atoms with Crippen molar-refractivity contribution < 1.29 is 19.4 Å². The number of aromatic nitrogens is 3. The Bertz CT molecular complexity index is 1120. The summed E-state index contributed by atoms with van der Waals surface area (Å²) in [5.41, 5.74) is 1.44. The monoisotopic (exact) mass is 437 g/mol. The summed E-state index contributed by atoms with van der Waals surface area (Å²) < 4.78 is 7.06. The minimum absolute atomic E-state index is 0.0730. The molecular weight excluding hydrogens is 410 g/mol. The van der Waals surface area contributed by atoms with E-state index in [9.17, 15) is 14.7 Å². The van der Waals surface area contributed by atoms with Gasteiger partial charge < -0.3 is 15.2 Å². The van der Waals surface area contributed by atoms with E-state index >= 15 is 0 Å². The van der Waals surface area contributed by atoms with Gasteiger partial charge in [0, 0.05) is 36.2 Å². The first-order chi connectivity index (χ1) is 15.4. The molecule has 3 heterocycles. The van der Waals surface area contributed by atoms with E-state index in [-0.39, 0.29) is 17.9 Å². The zero-order valence-electron chi connectivity index (χ0n) is 18.2. The molecule has 0 radical (unpaired) electrons. The maximum absolute atomic E-state index is 12.2. The van der Waals surface area contributed by atoms with E-state index in [2.05, 4.69) is 20.2 Å². The average Bonchev–Trinajstić information content (AvgIpc) is 3.17. The first kappa shape index (κ1) is 21.8. The summed E-state index contributed by atoms with van der Waals surface area (Å²) >= 11 is 0. The Labute approximate surface area is 186 Å². The van der Waals surface area contributed by atoms with Crippen LogP contribution in [0.4, 0.5) is 4.79 Å². The molecule has 1 aromatic carbocycles. The number of nitrogens with zero attached hydrogens (tertiary/aromatic N) is 4. The number of nitrogens with one attached hydrogen (secondary N) is 1. The smallest absolute Gasteiger partial charge is 0.415 e. The first-order valence-corrected chi connectivity index (χ1v) is 10.7. The normalized spacial score (nSPS) is 15.2. The second-order valence-corrected chi connectivity index (χ2v) is 8.35. The van der Waals surface area contributed by atoms with Crippen LogP contribution in [0.25, 0.3) is 10.9 Å². The third-order valence-electron chi connectivity index (χ3n) is 5.56. The van der Waals surface area contributed by atoms with Crippen LogP contribution in [0.1, 0.15) is 32.4 Å². The molecule has 0 aliphatic carbocycles. The molecule has 1 saturated heterocycles. The molecule has 9 heteroatoms. The molecule has 9 nitrogen and oxygen atoms in total. The van der Waals surface area contributed by atoms with Crippen LogP contribution in [0.2, 0.25) is 0 Å². The van der Waals surface area contributed by atoms with Crippen molar-refractivity contribution in [3.8, 4) is 11.6 Å². The van der Waals surface area contributed by atoms with Gasteiger partial charge in [-0.1, -0.05) is 0 Å². The maximum atomic E-state index is 12.2. The Morgan fingerprint density at radius 2 is 1.97 bits per heavy atom. The standard InChI is InChI=1S/C23H27N5O4/c1-15(2)26-22(29)16-5-8-27(9-6-16)13-18-12-21(25-14-24-18)32-19-3-4-20-17(11-19)7-10-28(20)23(30)31/h3-4,7,10-12,14-16H,5-6,8-9,13H2,1-2H3,(H,26,29)(H,30,31). The zero-order valence-corrected chi connectivity index (χ0v) is 18.2. The number of carbonyl (C=O) groups excluding carboxylic acids is 1. The molecule has 3 aromatic rings. The molecule has 0 saturated carbocycles. The van der Waals surface area contributed by atoms with Gasteiger partial charge in [-0.2, -0.15) is 0 Å². The van der Waals surface area contributed by atoms with Gasteiger partial charge in [0.1, 0.15) is 12.1 Å². The highest BCUT2D eigenvalue weighted by Gasteiger charge is 2.25. The van der Waals surface area contributed by atoms with Crippen molar-refractivity contribution in [3.63, 3.8) is 0 Å². The number of hydrogen-bond acceptors (Lipinski definition) is 6. The van der Waals surface area contributed by atoms with Gasteiger partial charge in [-0.05, 0) is 64.0 Å². The van der Waals surface area contributed by atoms with Gasteiger partial charge in [0.2, 0.25) is 11.8 Å². The van der Waals surface area contributed by atoms with Crippen LogP contribution in [-0.2, 0) is 11.3 Å². The van der Waals surface area contributed by atoms with Gasteiger partial charge in [0.25, 0.3) is 0 Å². The summed E-state index contributed by atoms with van der Waals surface area (Å²) in [5, 5.41) is 13.0. The number of hydrogen-bond donors (Lipinski definition) is 2. The molecule has 1 fully saturated rings. The molecule has 1 amide bonds. The van der Waals surface area contributed by atoms with Crippen molar-refractivity contribution in [2.45, 2.75) is 39.3 Å². The quantitative estimate of drug-likeness (QED) is 0.607. The molecule has 0 spiro atoms. The Balaban J connectivity index is 1.36. The molecular formula is C23H27N5O4. The number of piperidine rings is 1. The largest absolute Gasteiger partial charge is 0.464 e. The molecule has 0 bridgehead atoms. The van der Waals surface area contributed by atoms with Crippen LogP contribution in [0.3, 0.4) is 0 Å². The Hall–Kier alpha value is -3.46. The fourth-order valence-corrected chi connectivity index (χ4v) is 3.98. The van der Waals surface area contributed by atoms with E-state index in [1.165, 1.54) is 12.5 Å². The number of amides is 1. The van der Waals surface area contributed by atoms with Gasteiger partial charge >= 0.3 is 6.09 Å². The number of benzene rings is 1. The highest BCUT2D eigenvalue weighted by molar-refractivity contribution is 5.89. The predicted octanol–water partition coefficient (Wildman–Crippen LogP) is 3.49. The lowest BCUT2D eigenvalue weighted by atomic mass is 9.95. The molecule has 32 heavy (non-hydrogen) atoms. The summed E-state index contributed by atoms with van der Waals surface area (Å²) in [6.07, 6.45) is 3.63. The van der Waals surface area contributed by atoms with Crippen molar-refractivity contribution in [2.24, 2.45) is 5.92 Å². The fourth-order valence-electron chi connectivity index (χ4n) is 3.98. The second-order valence-electron chi connectivity index (χ2n) is 8.35. The van der Waals surface area contributed by atoms with Crippen LogP contribution < -0.4 is 10.1 Å². The summed E-state index contributed by atoms with van der Waals surface area (Å²) in [5.74, 6) is 1.22. The van der Waals surface area contributed by atoms with Gasteiger partial charge in [-0.25, -0.2) is 14.8 Å². The van der Waals surface area contributed by atoms with Crippen LogP contribution >= 0.6 is 0 Å². The topological polar surface area (TPSA) is 110 Å². The highest BCUT2D eigenvalue weighted by Crippen LogP contribution is 2.26. The molecule has 4 rings (SSSR count). The van der Waals surface area contributed by atoms with E-state index in [1.807, 2.05) is 19.9 Å². The lowest BCUT2D eigenvalue weighted by molar-refractivity contribution is -0.127. The zero-order chi connectivity index (χ0) is 22.7. The third-order valence-corrected chi connectivity index (χ3v) is 5.56. The van der Waals surface area contributed by atoms with Crippen molar-refractivity contribution >= 4 is 22.9 Å². The number of ether oxygens (including phenoxy) is 1. The maximum Gasteiger partial charge on any atom is 0.415 e. The molecule has 1 aliphatic heterocycles. The molecule has 1 aliphatic rings. The van der Waals surface area contributed by atoms with E-state index in [1.54, 1.807) is 24.3 Å². The van der Waals surface area contributed by atoms with Gasteiger partial charge in [-0.15, -0.1) is 0 Å². The van der Waals surface area contributed by atoms with Crippen LogP contribution in [-0.4, -0.2) is 55.7 Å². The van der Waals surface area contributed by atoms with E-state index < -0.39 is 6.09 Å². The van der Waals surface area contributed by atoms with Gasteiger partial charge in [0.15, 0.2) is 0 Å². The summed E-state index contributed by atoms with van der Waals surface area (Å²) in [6, 6.07) is 8.91. The number of carboxylic acid groups (broad SMARTS) is 1. The van der Waals surface area contributed by atoms with Gasteiger partial charge in [0.05, 0.1) is 11.2 Å². The highest BCUT2D eigenvalue weighted by atomic mass is 16.5. The van der Waals surface area contributed by atoms with Crippen LogP contribution in [0.5, 0.6) is 11.6 Å². The minimum atomic E-state index is -1.03. The number of likely N-dealkylation sites (tertiary alicyclic amines) is 1. The summed E-state index contributed by atoms with van der Waals surface area (Å²) in [6.45, 7) is 6.30. The van der Waals surface area contributed by atoms with Crippen molar-refractivity contribution in [1.29, 1.82) is 0 Å². The Morgan fingerprint density at radius 1 is 1.19 bits per heavy atom. The SMILES string of the molecule is CC(C)NC(=O)C1CCN(Cc2cc(Oc3ccc4c(ccn4C(=O)O)c3)ncn2)CC1. The average molecular weight is 438 g/mol. The second kappa shape index (κ2) is 9.35. The molecule has 0 unspecified atom stereocenters. The van der Waals surface area contributed by atoms with Crippen molar-refractivity contribution in [2.75, 3.05) is 13.1 Å². The minimum Gasteiger partial charge on any atom is -0.464 e. The third kappa shape index (κ3) is 5.05. The molecule has 0 atom stereocenters. The van der Waals surface area contributed by atoms with Crippen LogP contribution in [0, 0.1) is 5.92 Å². The lowest BCUT2D eigenvalue weighted by Gasteiger charge is -2.31. The Kier molecular flexibility index (Phi) is 6.36. The Morgan fingerprint density at radius 3 is 2.69 bits per heavy atom. The lowest BCUT2D eigenvalue weighted by Crippen LogP contribution is -2.42.